The van der Waals surface area contributed by atoms with Crippen molar-refractivity contribution < 1.29 is 13.6 Å². The Labute approximate surface area is 116 Å². The largest absolute Gasteiger partial charge is 0.294 e. The first-order valence-corrected chi connectivity index (χ1v) is 6.46. The summed E-state index contributed by atoms with van der Waals surface area (Å²) in [6.07, 6.45) is -0.0185. The van der Waals surface area contributed by atoms with Crippen molar-refractivity contribution in [3.8, 4) is 0 Å². The molecule has 6 heteroatoms. The van der Waals surface area contributed by atoms with Gasteiger partial charge in [0, 0.05) is 11.3 Å². The maximum absolute atomic E-state index is 13.5. The Kier molecular flexibility index (Phi) is 4.00. The zero-order valence-corrected chi connectivity index (χ0v) is 11.2. The molecule has 0 aliphatic heterocycles. The number of hydrogen-bond acceptors (Lipinski definition) is 2. The van der Waals surface area contributed by atoms with Crippen LogP contribution in [0.5, 0.6) is 0 Å². The van der Waals surface area contributed by atoms with Crippen LogP contribution >= 0.6 is 34.5 Å². The molecule has 0 aliphatic rings. The number of carbonyl (C=O) groups excluding carboxylic acids is 1. The molecule has 1 nitrogen and oxygen atoms in total. The normalized spacial score (nSPS) is 10.7. The third-order valence-corrected chi connectivity index (χ3v) is 3.79. The number of Topliss-reactive ketones (excluding diaryl/α,β-unsaturated/α-hetero) is 1. The fourth-order valence-electron chi connectivity index (χ4n) is 1.44. The van der Waals surface area contributed by atoms with Crippen LogP contribution in [-0.4, -0.2) is 5.78 Å². The second kappa shape index (κ2) is 5.34. The standard InChI is InChI=1S/C12H6Cl2F2OS/c13-8-5-9(15)7(4-10(8)16)11(17)3-6-1-2-12(14)18-6/h1-2,4-5H,3H2. The summed E-state index contributed by atoms with van der Waals surface area (Å²) < 4.78 is 27.2. The van der Waals surface area contributed by atoms with Crippen LogP contribution in [0.15, 0.2) is 24.3 Å². The first kappa shape index (κ1) is 13.5. The van der Waals surface area contributed by atoms with E-state index in [1.165, 1.54) is 11.3 Å². The molecule has 0 radical (unpaired) electrons. The van der Waals surface area contributed by atoms with Crippen LogP contribution in [-0.2, 0) is 6.42 Å². The summed E-state index contributed by atoms with van der Waals surface area (Å²) in [5.41, 5.74) is -0.304. The monoisotopic (exact) mass is 306 g/mol. The maximum Gasteiger partial charge on any atom is 0.171 e. The van der Waals surface area contributed by atoms with Gasteiger partial charge in [0.1, 0.15) is 11.6 Å². The molecule has 0 atom stereocenters. The Hall–Kier alpha value is -0.970. The topological polar surface area (TPSA) is 17.1 Å². The maximum atomic E-state index is 13.5. The molecule has 0 saturated heterocycles. The number of benzene rings is 1. The van der Waals surface area contributed by atoms with Gasteiger partial charge in [-0.3, -0.25) is 4.79 Å². The van der Waals surface area contributed by atoms with Gasteiger partial charge in [-0.25, -0.2) is 8.78 Å². The third kappa shape index (κ3) is 2.88. The lowest BCUT2D eigenvalue weighted by Gasteiger charge is -2.03. The quantitative estimate of drug-likeness (QED) is 0.590. The van der Waals surface area contributed by atoms with Crippen LogP contribution in [0.3, 0.4) is 0 Å². The van der Waals surface area contributed by atoms with Crippen molar-refractivity contribution in [3.63, 3.8) is 0 Å². The zero-order chi connectivity index (χ0) is 13.3. The number of ketones is 1. The highest BCUT2D eigenvalue weighted by Crippen LogP contribution is 2.24. The van der Waals surface area contributed by atoms with E-state index in [0.717, 1.165) is 12.1 Å². The van der Waals surface area contributed by atoms with Crippen molar-refractivity contribution in [1.29, 1.82) is 0 Å². The van der Waals surface area contributed by atoms with Crippen LogP contribution < -0.4 is 0 Å². The van der Waals surface area contributed by atoms with Crippen molar-refractivity contribution in [2.75, 3.05) is 0 Å². The minimum atomic E-state index is -0.825. The predicted octanol–water partition coefficient (Wildman–Crippen LogP) is 4.76. The number of hydrogen-bond donors (Lipinski definition) is 0. The fraction of sp³-hybridized carbons (Fsp3) is 0.0833. The highest BCUT2D eigenvalue weighted by molar-refractivity contribution is 7.16. The van der Waals surface area contributed by atoms with E-state index in [1.807, 2.05) is 0 Å². The molecule has 1 heterocycles. The highest BCUT2D eigenvalue weighted by Gasteiger charge is 2.16. The molecule has 18 heavy (non-hydrogen) atoms. The molecule has 0 aliphatic carbocycles. The average Bonchev–Trinajstić information content (AvgIpc) is 2.69. The molecule has 0 bridgehead atoms. The second-order valence-corrected chi connectivity index (χ2v) is 5.76. The number of carbonyl (C=O) groups is 1. The molecule has 0 amide bonds. The van der Waals surface area contributed by atoms with Crippen molar-refractivity contribution >= 4 is 40.3 Å². The van der Waals surface area contributed by atoms with Crippen LogP contribution in [0, 0.1) is 11.6 Å². The molecule has 0 fully saturated rings. The molecule has 0 saturated carbocycles. The van der Waals surface area contributed by atoms with Crippen LogP contribution in [0.2, 0.25) is 9.36 Å². The Morgan fingerprint density at radius 2 is 1.89 bits per heavy atom. The van der Waals surface area contributed by atoms with Gasteiger partial charge in [0.2, 0.25) is 0 Å². The van der Waals surface area contributed by atoms with Crippen LogP contribution in [0.1, 0.15) is 15.2 Å². The Balaban J connectivity index is 2.26. The zero-order valence-electron chi connectivity index (χ0n) is 8.84. The van der Waals surface area contributed by atoms with Gasteiger partial charge in [-0.1, -0.05) is 23.2 Å². The Morgan fingerprint density at radius 1 is 1.17 bits per heavy atom. The van der Waals surface area contributed by atoms with Crippen molar-refractivity contribution in [1.82, 2.24) is 0 Å². The fourth-order valence-corrected chi connectivity index (χ4v) is 2.67. The van der Waals surface area contributed by atoms with E-state index < -0.39 is 17.4 Å². The van der Waals surface area contributed by atoms with Crippen LogP contribution in [0.25, 0.3) is 0 Å². The molecule has 0 N–H and O–H groups in total. The summed E-state index contributed by atoms with van der Waals surface area (Å²) >= 11 is 12.4. The van der Waals surface area contributed by atoms with E-state index in [9.17, 15) is 13.6 Å². The van der Waals surface area contributed by atoms with E-state index in [1.54, 1.807) is 12.1 Å². The lowest BCUT2D eigenvalue weighted by atomic mass is 10.1. The third-order valence-electron chi connectivity index (χ3n) is 2.27. The lowest BCUT2D eigenvalue weighted by Crippen LogP contribution is -2.06. The number of rotatable bonds is 3. The van der Waals surface area contributed by atoms with Crippen molar-refractivity contribution in [2.45, 2.75) is 6.42 Å². The van der Waals surface area contributed by atoms with Crippen LogP contribution in [0.4, 0.5) is 8.78 Å². The molecular formula is C12H6Cl2F2OS. The average molecular weight is 307 g/mol. The van der Waals surface area contributed by atoms with Crippen molar-refractivity contribution in [2.24, 2.45) is 0 Å². The van der Waals surface area contributed by atoms with Gasteiger partial charge in [0.25, 0.3) is 0 Å². The molecule has 0 spiro atoms. The molecule has 2 aromatic rings. The lowest BCUT2D eigenvalue weighted by molar-refractivity contribution is 0.0989. The summed E-state index contributed by atoms with van der Waals surface area (Å²) in [7, 11) is 0. The number of thiophene rings is 1. The summed E-state index contributed by atoms with van der Waals surface area (Å²) in [5.74, 6) is -2.15. The van der Waals surface area contributed by atoms with Gasteiger partial charge in [0.15, 0.2) is 5.78 Å². The van der Waals surface area contributed by atoms with E-state index >= 15 is 0 Å². The minimum absolute atomic E-state index is 0.0185. The van der Waals surface area contributed by atoms with Crippen molar-refractivity contribution in [3.05, 3.63) is 55.7 Å². The molecule has 0 unspecified atom stereocenters. The summed E-state index contributed by atoms with van der Waals surface area (Å²) in [6.45, 7) is 0. The van der Waals surface area contributed by atoms with E-state index in [4.69, 9.17) is 23.2 Å². The van der Waals surface area contributed by atoms with E-state index in [2.05, 4.69) is 0 Å². The van der Waals surface area contributed by atoms with Gasteiger partial charge in [0.05, 0.1) is 14.9 Å². The SMILES string of the molecule is O=C(Cc1ccc(Cl)s1)c1cc(F)c(Cl)cc1F. The Morgan fingerprint density at radius 3 is 2.50 bits per heavy atom. The van der Waals surface area contributed by atoms with E-state index in [0.29, 0.717) is 9.21 Å². The minimum Gasteiger partial charge on any atom is -0.294 e. The van der Waals surface area contributed by atoms with Gasteiger partial charge >= 0.3 is 0 Å². The smallest absolute Gasteiger partial charge is 0.171 e. The first-order chi connectivity index (χ1) is 8.47. The van der Waals surface area contributed by atoms with Gasteiger partial charge < -0.3 is 0 Å². The number of halogens is 4. The molecule has 1 aromatic heterocycles. The molecular weight excluding hydrogens is 301 g/mol. The second-order valence-electron chi connectivity index (χ2n) is 3.55. The first-order valence-electron chi connectivity index (χ1n) is 4.89. The van der Waals surface area contributed by atoms with Gasteiger partial charge in [-0.15, -0.1) is 11.3 Å². The van der Waals surface area contributed by atoms with E-state index in [-0.39, 0.29) is 17.0 Å². The molecule has 94 valence electrons. The molecule has 1 aromatic carbocycles. The highest BCUT2D eigenvalue weighted by atomic mass is 35.5. The van der Waals surface area contributed by atoms with Gasteiger partial charge in [-0.2, -0.15) is 0 Å². The summed E-state index contributed by atoms with van der Waals surface area (Å²) in [6, 6.07) is 4.93. The predicted molar refractivity (Wildman–Crippen MR) is 68.7 cm³/mol. The summed E-state index contributed by atoms with van der Waals surface area (Å²) in [4.78, 5) is 12.5. The Bertz CT molecular complexity index is 610. The van der Waals surface area contributed by atoms with Gasteiger partial charge in [-0.05, 0) is 24.3 Å². The molecule has 2 rings (SSSR count). The summed E-state index contributed by atoms with van der Waals surface area (Å²) in [5, 5.41) is -0.344.